The first-order chi connectivity index (χ1) is 22.7. The van der Waals surface area contributed by atoms with Gasteiger partial charge in [0.05, 0.1) is 24.0 Å². The predicted octanol–water partition coefficient (Wildman–Crippen LogP) is 5.79. The number of unbranched alkanes of at least 4 members (excludes halogenated alkanes) is 3. The van der Waals surface area contributed by atoms with Crippen molar-refractivity contribution in [2.24, 2.45) is 11.8 Å². The minimum absolute atomic E-state index is 0.109. The van der Waals surface area contributed by atoms with E-state index in [1.165, 1.54) is 0 Å². The molecule has 2 unspecified atom stereocenters. The molecular weight excluding hydrogens is 618 g/mol. The fourth-order valence-corrected chi connectivity index (χ4v) is 7.92. The van der Waals surface area contributed by atoms with E-state index in [0.717, 1.165) is 12.8 Å². The van der Waals surface area contributed by atoms with Gasteiger partial charge >= 0.3 is 0 Å². The molecule has 0 aliphatic carbocycles. The van der Waals surface area contributed by atoms with E-state index in [9.17, 15) is 19.5 Å². The normalized spacial score (nSPS) is 25.8. The number of amides is 3. The number of carbonyl (C=O) groups is 3. The summed E-state index contributed by atoms with van der Waals surface area (Å²) in [6.07, 6.45) is 7.28. The zero-order chi connectivity index (χ0) is 33.8. The number of likely N-dealkylation sites (tertiary alicyclic amines) is 1. The van der Waals surface area contributed by atoms with E-state index in [4.69, 9.17) is 21.1 Å². The van der Waals surface area contributed by atoms with Gasteiger partial charge in [0, 0.05) is 42.6 Å². The highest BCUT2D eigenvalue weighted by Gasteiger charge is 2.78. The number of carbonyl (C=O) groups excluding carboxylic acids is 3. The van der Waals surface area contributed by atoms with Crippen molar-refractivity contribution in [3.05, 3.63) is 78.9 Å². The molecule has 0 radical (unpaired) electrons. The molecule has 3 aliphatic rings. The Morgan fingerprint density at radius 1 is 0.979 bits per heavy atom. The molecule has 252 valence electrons. The number of hydrogen-bond acceptors (Lipinski definition) is 6. The monoisotopic (exact) mass is 663 g/mol. The van der Waals surface area contributed by atoms with Gasteiger partial charge in [-0.15, -0.1) is 13.2 Å². The number of benzene rings is 2. The lowest BCUT2D eigenvalue weighted by atomic mass is 9.66. The van der Waals surface area contributed by atoms with Crippen molar-refractivity contribution >= 4 is 40.7 Å². The average molecular weight is 664 g/mol. The molecule has 2 bridgehead atoms. The summed E-state index contributed by atoms with van der Waals surface area (Å²) in [7, 11) is 0. The van der Waals surface area contributed by atoms with Crippen molar-refractivity contribution in [3.8, 4) is 5.75 Å². The molecule has 1 N–H and O–H groups in total. The second-order valence-corrected chi connectivity index (χ2v) is 13.2. The molecule has 2 aromatic rings. The molecule has 10 heteroatoms. The van der Waals surface area contributed by atoms with Crippen LogP contribution in [0.15, 0.2) is 73.8 Å². The number of halogens is 1. The van der Waals surface area contributed by atoms with Crippen LogP contribution in [0.1, 0.15) is 52.4 Å². The minimum Gasteiger partial charge on any atom is -0.494 e. The molecule has 5 rings (SSSR count). The van der Waals surface area contributed by atoms with E-state index in [1.807, 2.05) is 38.1 Å². The van der Waals surface area contributed by atoms with Crippen LogP contribution in [0.25, 0.3) is 0 Å². The van der Waals surface area contributed by atoms with E-state index in [-0.39, 0.29) is 37.4 Å². The summed E-state index contributed by atoms with van der Waals surface area (Å²) >= 11 is 6.17. The first-order valence-corrected chi connectivity index (χ1v) is 17.0. The molecule has 3 amide bonds. The highest BCUT2D eigenvalue weighted by molar-refractivity contribution is 6.30. The number of nitrogens with zero attached hydrogens (tertiary/aromatic N) is 3. The van der Waals surface area contributed by atoms with Gasteiger partial charge < -0.3 is 29.3 Å². The Labute approximate surface area is 282 Å². The summed E-state index contributed by atoms with van der Waals surface area (Å²) in [5.41, 5.74) is -0.804. The topological polar surface area (TPSA) is 99.6 Å². The van der Waals surface area contributed by atoms with Gasteiger partial charge in [-0.25, -0.2) is 0 Å². The van der Waals surface area contributed by atoms with Gasteiger partial charge in [0.25, 0.3) is 5.91 Å². The molecule has 3 heterocycles. The van der Waals surface area contributed by atoms with Crippen molar-refractivity contribution in [2.45, 2.75) is 69.6 Å². The van der Waals surface area contributed by atoms with Gasteiger partial charge in [-0.2, -0.15) is 0 Å². The molecule has 3 saturated heterocycles. The molecule has 0 aromatic heterocycles. The van der Waals surface area contributed by atoms with Gasteiger partial charge in [0.15, 0.2) is 0 Å². The molecule has 2 aromatic carbocycles. The standard InChI is InChI=1S/C37H46ClN3O6/c1-5-22-39(28-16-18-29(19-17-28)46-7-3)33(43)30-31-34(44)41(24-10-8-9-11-25-42)32(37(31)21-20-36(30,4)47-37)35(45)40(23-6-2)27-14-12-26(38)13-15-27/h5-6,12-19,30-32,42H,1-2,7-11,20-25H2,3-4H3/t30-,31+,32?,36+,37?/m1/s1. The fourth-order valence-electron chi connectivity index (χ4n) is 7.80. The maximum atomic E-state index is 14.8. The largest absolute Gasteiger partial charge is 0.494 e. The van der Waals surface area contributed by atoms with Crippen LogP contribution in [0.4, 0.5) is 11.4 Å². The van der Waals surface area contributed by atoms with Crippen LogP contribution in [0, 0.1) is 11.8 Å². The third-order valence-electron chi connectivity index (χ3n) is 9.84. The van der Waals surface area contributed by atoms with E-state index in [2.05, 4.69) is 13.2 Å². The Balaban J connectivity index is 1.54. The van der Waals surface area contributed by atoms with E-state index in [0.29, 0.717) is 61.0 Å². The first kappa shape index (κ1) is 34.7. The Bertz CT molecular complexity index is 1470. The Kier molecular flexibility index (Phi) is 10.8. The molecule has 47 heavy (non-hydrogen) atoms. The summed E-state index contributed by atoms with van der Waals surface area (Å²) in [5, 5.41) is 9.81. The summed E-state index contributed by atoms with van der Waals surface area (Å²) < 4.78 is 12.5. The quantitative estimate of drug-likeness (QED) is 0.180. The molecule has 1 spiro atoms. The summed E-state index contributed by atoms with van der Waals surface area (Å²) in [4.78, 5) is 49.0. The van der Waals surface area contributed by atoms with Crippen LogP contribution in [0.2, 0.25) is 5.02 Å². The molecule has 3 fully saturated rings. The molecular formula is C37H46ClN3O6. The Morgan fingerprint density at radius 2 is 1.57 bits per heavy atom. The maximum Gasteiger partial charge on any atom is 0.253 e. The van der Waals surface area contributed by atoms with Crippen LogP contribution in [0.5, 0.6) is 5.75 Å². The summed E-state index contributed by atoms with van der Waals surface area (Å²) in [6, 6.07) is 13.4. The Morgan fingerprint density at radius 3 is 2.17 bits per heavy atom. The summed E-state index contributed by atoms with van der Waals surface area (Å²) in [6.45, 7) is 13.0. The van der Waals surface area contributed by atoms with Crippen LogP contribution in [0.3, 0.4) is 0 Å². The van der Waals surface area contributed by atoms with Gasteiger partial charge in [-0.3, -0.25) is 14.4 Å². The second-order valence-electron chi connectivity index (χ2n) is 12.8. The number of fused-ring (bicyclic) bond motifs is 1. The number of rotatable bonds is 16. The van der Waals surface area contributed by atoms with E-state index >= 15 is 0 Å². The number of hydrogen-bond donors (Lipinski definition) is 1. The van der Waals surface area contributed by atoms with Crippen LogP contribution < -0.4 is 14.5 Å². The number of anilines is 2. The van der Waals surface area contributed by atoms with Gasteiger partial charge in [0.1, 0.15) is 17.4 Å². The van der Waals surface area contributed by atoms with Crippen molar-refractivity contribution < 1.29 is 29.0 Å². The second kappa shape index (κ2) is 14.6. The highest BCUT2D eigenvalue weighted by Crippen LogP contribution is 2.63. The molecule has 3 aliphatic heterocycles. The average Bonchev–Trinajstić information content (AvgIpc) is 3.63. The molecule has 5 atom stereocenters. The number of aliphatic hydroxyl groups is 1. The molecule has 0 saturated carbocycles. The third kappa shape index (κ3) is 6.45. The van der Waals surface area contributed by atoms with Crippen LogP contribution >= 0.6 is 11.6 Å². The predicted molar refractivity (Wildman–Crippen MR) is 184 cm³/mol. The summed E-state index contributed by atoms with van der Waals surface area (Å²) in [5.74, 6) is -1.66. The lowest BCUT2D eigenvalue weighted by molar-refractivity contribution is -0.144. The smallest absolute Gasteiger partial charge is 0.253 e. The zero-order valence-corrected chi connectivity index (χ0v) is 28.2. The fraction of sp³-hybridized carbons (Fsp3) is 0.486. The number of ether oxygens (including phenoxy) is 2. The maximum absolute atomic E-state index is 14.8. The van der Waals surface area contributed by atoms with E-state index < -0.39 is 29.1 Å². The lowest BCUT2D eigenvalue weighted by Crippen LogP contribution is -2.56. The van der Waals surface area contributed by atoms with Crippen LogP contribution in [-0.2, 0) is 19.1 Å². The Hall–Kier alpha value is -3.66. The van der Waals surface area contributed by atoms with Gasteiger partial charge in [-0.1, -0.05) is 36.6 Å². The molecule has 9 nitrogen and oxygen atoms in total. The van der Waals surface area contributed by atoms with Crippen molar-refractivity contribution in [2.75, 3.05) is 42.6 Å². The third-order valence-corrected chi connectivity index (χ3v) is 10.1. The zero-order valence-electron chi connectivity index (χ0n) is 27.4. The van der Waals surface area contributed by atoms with E-state index in [1.54, 1.807) is 51.1 Å². The van der Waals surface area contributed by atoms with Crippen molar-refractivity contribution in [1.29, 1.82) is 0 Å². The lowest BCUT2D eigenvalue weighted by Gasteiger charge is -2.37. The number of aliphatic hydroxyl groups excluding tert-OH is 1. The van der Waals surface area contributed by atoms with Crippen molar-refractivity contribution in [1.82, 2.24) is 4.90 Å². The van der Waals surface area contributed by atoms with Crippen LogP contribution in [-0.4, -0.2) is 77.8 Å². The highest BCUT2D eigenvalue weighted by atomic mass is 35.5. The van der Waals surface area contributed by atoms with Gasteiger partial charge in [-0.05, 0) is 88.1 Å². The van der Waals surface area contributed by atoms with Crippen molar-refractivity contribution in [3.63, 3.8) is 0 Å². The SMILES string of the molecule is C=CCN(C(=O)C1N(CCCCCCO)C(=O)[C@@H]2[C@H](C(=O)N(CC=C)c3ccc(OCC)cc3)[C@]3(C)CCC12O3)c1ccc(Cl)cc1. The minimum atomic E-state index is -1.17. The van der Waals surface area contributed by atoms with Gasteiger partial charge in [0.2, 0.25) is 11.8 Å². The first-order valence-electron chi connectivity index (χ1n) is 16.6.